The number of benzene rings is 4. The van der Waals surface area contributed by atoms with Crippen LogP contribution in [0.25, 0.3) is 11.1 Å². The lowest BCUT2D eigenvalue weighted by Crippen LogP contribution is -2.29. The van der Waals surface area contributed by atoms with Crippen molar-refractivity contribution in [1.82, 2.24) is 0 Å². The first-order chi connectivity index (χ1) is 16.7. The van der Waals surface area contributed by atoms with E-state index in [9.17, 15) is 9.59 Å². The summed E-state index contributed by atoms with van der Waals surface area (Å²) in [5.41, 5.74) is 12.2. The molecule has 0 fully saturated rings. The van der Waals surface area contributed by atoms with E-state index in [1.165, 1.54) is 22.3 Å². The molecule has 4 aromatic carbocycles. The van der Waals surface area contributed by atoms with Crippen LogP contribution in [0.4, 0.5) is 0 Å². The second kappa shape index (κ2) is 8.16. The number of aryl methyl sites for hydroxylation is 4. The van der Waals surface area contributed by atoms with Crippen molar-refractivity contribution in [3.05, 3.63) is 128 Å². The summed E-state index contributed by atoms with van der Waals surface area (Å²) in [7, 11) is 0. The first kappa shape index (κ1) is 23.0. The molecular formula is C33H30O2. The van der Waals surface area contributed by atoms with Crippen molar-refractivity contribution in [2.45, 2.75) is 47.0 Å². The molecule has 0 aromatic heterocycles. The maximum atomic E-state index is 12.4. The van der Waals surface area contributed by atoms with Gasteiger partial charge in [0.1, 0.15) is 0 Å². The number of hydrogen-bond donors (Lipinski definition) is 0. The zero-order valence-electron chi connectivity index (χ0n) is 21.2. The molecule has 1 aliphatic carbocycles. The van der Waals surface area contributed by atoms with Gasteiger partial charge in [-0.1, -0.05) is 72.8 Å². The molecule has 0 N–H and O–H groups in total. The van der Waals surface area contributed by atoms with Crippen LogP contribution in [0.15, 0.2) is 72.8 Å². The van der Waals surface area contributed by atoms with E-state index < -0.39 is 5.41 Å². The minimum atomic E-state index is -0.553. The molecule has 0 radical (unpaired) electrons. The summed E-state index contributed by atoms with van der Waals surface area (Å²) in [5.74, 6) is 0.177. The molecular weight excluding hydrogens is 428 g/mol. The van der Waals surface area contributed by atoms with Crippen LogP contribution in [-0.2, 0) is 5.41 Å². The molecule has 0 saturated heterocycles. The summed E-state index contributed by atoms with van der Waals surface area (Å²) in [6.07, 6.45) is 0. The normalized spacial score (nSPS) is 13.3. The number of carbonyl (C=O) groups is 2. The van der Waals surface area contributed by atoms with Crippen LogP contribution in [0, 0.1) is 27.7 Å². The molecule has 0 saturated carbocycles. The predicted octanol–water partition coefficient (Wildman–Crippen LogP) is 7.69. The highest BCUT2D eigenvalue weighted by Crippen LogP contribution is 2.56. The van der Waals surface area contributed by atoms with Crippen molar-refractivity contribution in [3.8, 4) is 11.1 Å². The van der Waals surface area contributed by atoms with Crippen molar-refractivity contribution in [1.29, 1.82) is 0 Å². The van der Waals surface area contributed by atoms with Crippen LogP contribution in [0.2, 0.25) is 0 Å². The lowest BCUT2D eigenvalue weighted by atomic mass is 9.66. The Hall–Kier alpha value is -3.78. The number of hydrogen-bond acceptors (Lipinski definition) is 2. The summed E-state index contributed by atoms with van der Waals surface area (Å²) in [5, 5.41) is 0. The topological polar surface area (TPSA) is 34.1 Å². The fourth-order valence-electron chi connectivity index (χ4n) is 6.49. The van der Waals surface area contributed by atoms with E-state index in [1.54, 1.807) is 13.8 Å². The van der Waals surface area contributed by atoms with Crippen molar-refractivity contribution < 1.29 is 9.59 Å². The van der Waals surface area contributed by atoms with E-state index >= 15 is 0 Å². The summed E-state index contributed by atoms with van der Waals surface area (Å²) in [4.78, 5) is 24.8. The van der Waals surface area contributed by atoms with Gasteiger partial charge in [0.25, 0.3) is 0 Å². The van der Waals surface area contributed by atoms with Gasteiger partial charge in [0.05, 0.1) is 5.41 Å². The molecule has 2 nitrogen and oxygen atoms in total. The third-order valence-electron chi connectivity index (χ3n) is 7.59. The van der Waals surface area contributed by atoms with Gasteiger partial charge in [-0.05, 0) is 97.2 Å². The monoisotopic (exact) mass is 458 g/mol. The van der Waals surface area contributed by atoms with Crippen molar-refractivity contribution in [3.63, 3.8) is 0 Å². The van der Waals surface area contributed by atoms with Crippen LogP contribution >= 0.6 is 0 Å². The average Bonchev–Trinajstić information content (AvgIpc) is 3.09. The van der Waals surface area contributed by atoms with Gasteiger partial charge in [-0.2, -0.15) is 0 Å². The maximum absolute atomic E-state index is 12.4. The minimum absolute atomic E-state index is 0.0883. The Bertz CT molecular complexity index is 1370. The van der Waals surface area contributed by atoms with Gasteiger partial charge >= 0.3 is 0 Å². The molecule has 4 aromatic rings. The third-order valence-corrected chi connectivity index (χ3v) is 7.59. The van der Waals surface area contributed by atoms with Gasteiger partial charge in [0.2, 0.25) is 0 Å². The smallest absolute Gasteiger partial charge is 0.160 e. The van der Waals surface area contributed by atoms with Gasteiger partial charge in [0.15, 0.2) is 11.6 Å². The van der Waals surface area contributed by atoms with Crippen molar-refractivity contribution >= 4 is 11.6 Å². The largest absolute Gasteiger partial charge is 0.294 e. The first-order valence-corrected chi connectivity index (χ1v) is 12.1. The molecule has 35 heavy (non-hydrogen) atoms. The van der Waals surface area contributed by atoms with Gasteiger partial charge in [-0.15, -0.1) is 0 Å². The fraction of sp³-hybridized carbons (Fsp3) is 0.212. The average molecular weight is 459 g/mol. The van der Waals surface area contributed by atoms with Crippen LogP contribution in [0.5, 0.6) is 0 Å². The maximum Gasteiger partial charge on any atom is 0.160 e. The van der Waals surface area contributed by atoms with E-state index in [0.29, 0.717) is 0 Å². The number of ketones is 2. The highest BCUT2D eigenvalue weighted by molar-refractivity contribution is 5.98. The Balaban J connectivity index is 1.97. The molecule has 0 unspecified atom stereocenters. The van der Waals surface area contributed by atoms with Crippen molar-refractivity contribution in [2.75, 3.05) is 0 Å². The molecule has 1 aliphatic rings. The fourth-order valence-corrected chi connectivity index (χ4v) is 6.49. The molecule has 5 rings (SSSR count). The summed E-state index contributed by atoms with van der Waals surface area (Å²) < 4.78 is 0. The predicted molar refractivity (Wildman–Crippen MR) is 143 cm³/mol. The molecule has 0 atom stereocenters. The Morgan fingerprint density at radius 2 is 0.857 bits per heavy atom. The number of carbonyl (C=O) groups excluding carboxylic acids is 2. The molecule has 2 heteroatoms. The summed E-state index contributed by atoms with van der Waals surface area (Å²) in [6.45, 7) is 11.4. The van der Waals surface area contributed by atoms with Crippen LogP contribution in [0.3, 0.4) is 0 Å². The quantitative estimate of drug-likeness (QED) is 0.259. The first-order valence-electron chi connectivity index (χ1n) is 12.1. The van der Waals surface area contributed by atoms with E-state index in [-0.39, 0.29) is 11.6 Å². The molecule has 0 aliphatic heterocycles. The molecule has 0 bridgehead atoms. The van der Waals surface area contributed by atoms with E-state index in [4.69, 9.17) is 0 Å². The number of fused-ring (bicyclic) bond motifs is 3. The highest BCUT2D eigenvalue weighted by Gasteiger charge is 2.46. The third kappa shape index (κ3) is 3.24. The van der Waals surface area contributed by atoms with Gasteiger partial charge in [-0.25, -0.2) is 0 Å². The van der Waals surface area contributed by atoms with Crippen LogP contribution < -0.4 is 0 Å². The van der Waals surface area contributed by atoms with E-state index in [2.05, 4.69) is 72.8 Å². The summed E-state index contributed by atoms with van der Waals surface area (Å²) >= 11 is 0. The number of rotatable bonds is 4. The summed E-state index contributed by atoms with van der Waals surface area (Å²) in [6, 6.07) is 26.0. The minimum Gasteiger partial charge on any atom is -0.294 e. The molecule has 0 amide bonds. The zero-order chi connectivity index (χ0) is 25.1. The lowest BCUT2D eigenvalue weighted by Gasteiger charge is -2.35. The second-order valence-corrected chi connectivity index (χ2v) is 9.92. The Morgan fingerprint density at radius 3 is 1.17 bits per heavy atom. The lowest BCUT2D eigenvalue weighted by molar-refractivity contribution is 0.100. The van der Waals surface area contributed by atoms with Gasteiger partial charge < -0.3 is 0 Å². The van der Waals surface area contributed by atoms with Gasteiger partial charge in [0, 0.05) is 11.1 Å². The Kier molecular flexibility index (Phi) is 5.36. The number of Topliss-reactive ketones (excluding diaryl/α,β-unsaturated/α-hetero) is 2. The van der Waals surface area contributed by atoms with Crippen molar-refractivity contribution in [2.24, 2.45) is 0 Å². The zero-order valence-corrected chi connectivity index (χ0v) is 21.2. The highest BCUT2D eigenvalue weighted by atomic mass is 16.1. The molecule has 0 spiro atoms. The Labute approximate surface area is 207 Å². The SMILES string of the molecule is CC(=O)c1c(C)cc(C2(c3cc(C)c(C(C)=O)c(C)c3)c3ccccc3-c3ccccc32)cc1C. The standard InChI is InChI=1S/C33H30O2/c1-19-15-25(16-20(2)31(19)23(5)34)33(26-17-21(3)32(24(6)35)22(4)18-26)29-13-9-7-11-27(29)28-12-8-10-14-30(28)33/h7-18H,1-6H3. The van der Waals surface area contributed by atoms with E-state index in [1.807, 2.05) is 27.7 Å². The van der Waals surface area contributed by atoms with Gasteiger partial charge in [-0.3, -0.25) is 9.59 Å². The second-order valence-electron chi connectivity index (χ2n) is 9.92. The molecule has 174 valence electrons. The molecule has 0 heterocycles. The Morgan fingerprint density at radius 1 is 0.543 bits per heavy atom. The van der Waals surface area contributed by atoms with Crippen LogP contribution in [-0.4, -0.2) is 11.6 Å². The van der Waals surface area contributed by atoms with Crippen LogP contribution in [0.1, 0.15) is 79.1 Å². The van der Waals surface area contributed by atoms with E-state index in [0.717, 1.165) is 44.5 Å².